The van der Waals surface area contributed by atoms with Gasteiger partial charge in [-0.05, 0) is 29.9 Å². The van der Waals surface area contributed by atoms with Crippen LogP contribution in [0, 0.1) is 18.3 Å². The monoisotopic (exact) mass is 325 g/mol. The molecule has 116 valence electrons. The molecule has 1 aromatic carbocycles. The van der Waals surface area contributed by atoms with E-state index in [4.69, 9.17) is 5.26 Å². The topological polar surface area (TPSA) is 67.8 Å². The largest absolute Gasteiger partial charge is 0.333 e. The van der Waals surface area contributed by atoms with E-state index in [-0.39, 0.29) is 12.1 Å². The Morgan fingerprint density at radius 2 is 1.91 bits per heavy atom. The molecule has 3 aromatic rings. The van der Waals surface area contributed by atoms with Gasteiger partial charge in [-0.25, -0.2) is 4.79 Å². The summed E-state index contributed by atoms with van der Waals surface area (Å²) in [6.45, 7) is 2.10. The van der Waals surface area contributed by atoms with Crippen LogP contribution in [0.1, 0.15) is 11.1 Å². The summed E-state index contributed by atoms with van der Waals surface area (Å²) in [6.07, 6.45) is 0.594. The Bertz CT molecular complexity index is 1010. The zero-order valence-electron chi connectivity index (χ0n) is 12.7. The van der Waals surface area contributed by atoms with E-state index < -0.39 is 5.69 Å². The Balaban J connectivity index is 2.13. The first-order valence-electron chi connectivity index (χ1n) is 7.26. The minimum atomic E-state index is -0.415. The van der Waals surface area contributed by atoms with Crippen molar-refractivity contribution < 1.29 is 0 Å². The molecule has 0 aliphatic carbocycles. The summed E-state index contributed by atoms with van der Waals surface area (Å²) < 4.78 is 2.63. The molecule has 0 radical (unpaired) electrons. The molecule has 5 nitrogen and oxygen atoms in total. The van der Waals surface area contributed by atoms with E-state index in [1.165, 1.54) is 20.5 Å². The zero-order chi connectivity index (χ0) is 16.4. The molecule has 0 saturated carbocycles. The number of hydrogen-bond donors (Lipinski definition) is 0. The second kappa shape index (κ2) is 6.23. The van der Waals surface area contributed by atoms with Gasteiger partial charge in [0.25, 0.3) is 5.56 Å². The minimum Gasteiger partial charge on any atom is -0.270 e. The van der Waals surface area contributed by atoms with Crippen LogP contribution in [-0.2, 0) is 19.5 Å². The molecule has 0 amide bonds. The van der Waals surface area contributed by atoms with E-state index in [2.05, 4.69) is 0 Å². The Morgan fingerprint density at radius 1 is 1.17 bits per heavy atom. The highest BCUT2D eigenvalue weighted by molar-refractivity contribution is 7.17. The van der Waals surface area contributed by atoms with Crippen molar-refractivity contribution in [3.05, 3.63) is 67.7 Å². The van der Waals surface area contributed by atoms with E-state index in [9.17, 15) is 9.59 Å². The highest BCUT2D eigenvalue weighted by atomic mass is 32.1. The lowest BCUT2D eigenvalue weighted by Crippen LogP contribution is -2.40. The highest BCUT2D eigenvalue weighted by Crippen LogP contribution is 2.20. The Hall–Kier alpha value is -2.65. The molecule has 3 rings (SSSR count). The minimum absolute atomic E-state index is 0.0547. The molecular weight excluding hydrogens is 310 g/mol. The van der Waals surface area contributed by atoms with Gasteiger partial charge in [0.2, 0.25) is 0 Å². The molecule has 0 unspecified atom stereocenters. The lowest BCUT2D eigenvalue weighted by Gasteiger charge is -2.10. The fourth-order valence-corrected chi connectivity index (χ4v) is 3.68. The Kier molecular flexibility index (Phi) is 4.13. The number of aryl methyl sites for hydroxylation is 2. The molecule has 2 heterocycles. The van der Waals surface area contributed by atoms with Crippen molar-refractivity contribution in [3.63, 3.8) is 0 Å². The molecule has 0 aliphatic heterocycles. The number of thiophene rings is 1. The summed E-state index contributed by atoms with van der Waals surface area (Å²) in [5.41, 5.74) is 1.22. The van der Waals surface area contributed by atoms with Crippen molar-refractivity contribution in [2.75, 3.05) is 0 Å². The fourth-order valence-electron chi connectivity index (χ4n) is 2.64. The van der Waals surface area contributed by atoms with Gasteiger partial charge in [0.05, 0.1) is 11.5 Å². The van der Waals surface area contributed by atoms with Crippen LogP contribution >= 0.6 is 11.3 Å². The summed E-state index contributed by atoms with van der Waals surface area (Å²) in [4.78, 5) is 25.9. The molecule has 0 aliphatic rings. The first-order valence-corrected chi connectivity index (χ1v) is 8.13. The number of rotatable bonds is 4. The van der Waals surface area contributed by atoms with E-state index in [1.54, 1.807) is 0 Å². The summed E-state index contributed by atoms with van der Waals surface area (Å²) in [5.74, 6) is 0. The number of fused-ring (bicyclic) bond motifs is 1. The molecular formula is C17H15N3O2S. The van der Waals surface area contributed by atoms with Crippen LogP contribution in [0.4, 0.5) is 0 Å². The van der Waals surface area contributed by atoms with Crippen LogP contribution in [0.2, 0.25) is 0 Å². The number of benzene rings is 1. The van der Waals surface area contributed by atoms with Crippen LogP contribution < -0.4 is 11.2 Å². The van der Waals surface area contributed by atoms with Crippen molar-refractivity contribution in [2.45, 2.75) is 26.4 Å². The van der Waals surface area contributed by atoms with Gasteiger partial charge in [-0.15, -0.1) is 11.3 Å². The molecule has 0 N–H and O–H groups in total. The number of hydrogen-bond acceptors (Lipinski definition) is 4. The van der Waals surface area contributed by atoms with E-state index >= 15 is 0 Å². The molecule has 0 spiro atoms. The van der Waals surface area contributed by atoms with Gasteiger partial charge in [0, 0.05) is 6.54 Å². The molecule has 0 fully saturated rings. The predicted octanol–water partition coefficient (Wildman–Crippen LogP) is 2.30. The second-order valence-electron chi connectivity index (χ2n) is 5.32. The van der Waals surface area contributed by atoms with Crippen molar-refractivity contribution in [1.82, 2.24) is 9.13 Å². The van der Waals surface area contributed by atoms with Gasteiger partial charge in [-0.1, -0.05) is 30.3 Å². The van der Waals surface area contributed by atoms with Crippen molar-refractivity contribution in [2.24, 2.45) is 0 Å². The fraction of sp³-hybridized carbons (Fsp3) is 0.235. The number of nitriles is 1. The standard InChI is InChI=1S/C17H15N3O2S/c1-12-11-23-16-14(12)15(21)19(17(22)20(16)10-8-18)9-7-13-5-3-2-4-6-13/h2-6,11H,7,9-10H2,1H3. The highest BCUT2D eigenvalue weighted by Gasteiger charge is 2.16. The average Bonchev–Trinajstić information content (AvgIpc) is 2.94. The van der Waals surface area contributed by atoms with Crippen molar-refractivity contribution in [1.29, 1.82) is 5.26 Å². The average molecular weight is 325 g/mol. The third kappa shape index (κ3) is 2.71. The van der Waals surface area contributed by atoms with E-state index in [0.29, 0.717) is 23.2 Å². The molecule has 23 heavy (non-hydrogen) atoms. The number of aromatic nitrogens is 2. The smallest absolute Gasteiger partial charge is 0.270 e. The Labute approximate surface area is 136 Å². The third-order valence-electron chi connectivity index (χ3n) is 3.82. The van der Waals surface area contributed by atoms with Gasteiger partial charge in [0.15, 0.2) is 0 Å². The third-order valence-corrected chi connectivity index (χ3v) is 4.94. The molecule has 2 aromatic heterocycles. The summed E-state index contributed by atoms with van der Waals surface area (Å²) in [5, 5.41) is 11.4. The zero-order valence-corrected chi connectivity index (χ0v) is 13.5. The first kappa shape index (κ1) is 15.3. The van der Waals surface area contributed by atoms with Crippen molar-refractivity contribution in [3.8, 4) is 6.07 Å². The molecule has 6 heteroatoms. The second-order valence-corrected chi connectivity index (χ2v) is 6.18. The van der Waals surface area contributed by atoms with Crippen molar-refractivity contribution >= 4 is 21.6 Å². The normalized spacial score (nSPS) is 10.8. The van der Waals surface area contributed by atoms with Gasteiger partial charge in [0.1, 0.15) is 11.4 Å². The van der Waals surface area contributed by atoms with Crippen LogP contribution in [0.3, 0.4) is 0 Å². The predicted molar refractivity (Wildman–Crippen MR) is 90.8 cm³/mol. The van der Waals surface area contributed by atoms with Gasteiger partial charge in [-0.3, -0.25) is 13.9 Å². The Morgan fingerprint density at radius 3 is 2.61 bits per heavy atom. The molecule has 0 bridgehead atoms. The maximum atomic E-state index is 12.7. The quantitative estimate of drug-likeness (QED) is 0.739. The lowest BCUT2D eigenvalue weighted by atomic mass is 10.1. The SMILES string of the molecule is Cc1csc2c1c(=O)n(CCc1ccccc1)c(=O)n2CC#N. The summed E-state index contributed by atoms with van der Waals surface area (Å²) in [7, 11) is 0. The summed E-state index contributed by atoms with van der Waals surface area (Å²) in [6, 6.07) is 11.7. The maximum absolute atomic E-state index is 12.7. The summed E-state index contributed by atoms with van der Waals surface area (Å²) >= 11 is 1.33. The van der Waals surface area contributed by atoms with E-state index in [0.717, 1.165) is 11.1 Å². The molecule has 0 saturated heterocycles. The van der Waals surface area contributed by atoms with Crippen LogP contribution in [0.5, 0.6) is 0 Å². The van der Waals surface area contributed by atoms with Gasteiger partial charge < -0.3 is 0 Å². The van der Waals surface area contributed by atoms with Gasteiger partial charge in [-0.2, -0.15) is 5.26 Å². The maximum Gasteiger partial charge on any atom is 0.333 e. The van der Waals surface area contributed by atoms with Crippen LogP contribution in [0.15, 0.2) is 45.3 Å². The first-order chi connectivity index (χ1) is 11.1. The van der Waals surface area contributed by atoms with Crippen LogP contribution in [-0.4, -0.2) is 9.13 Å². The van der Waals surface area contributed by atoms with Crippen LogP contribution in [0.25, 0.3) is 10.2 Å². The molecule has 0 atom stereocenters. The lowest BCUT2D eigenvalue weighted by molar-refractivity contribution is 0.596. The number of nitrogens with zero attached hydrogens (tertiary/aromatic N) is 3. The van der Waals surface area contributed by atoms with Gasteiger partial charge >= 0.3 is 5.69 Å². The van der Waals surface area contributed by atoms with E-state index in [1.807, 2.05) is 48.7 Å².